The van der Waals surface area contributed by atoms with Gasteiger partial charge in [0.2, 0.25) is 0 Å². The summed E-state index contributed by atoms with van der Waals surface area (Å²) in [5, 5.41) is 12.0. The zero-order chi connectivity index (χ0) is 13.2. The van der Waals surface area contributed by atoms with Crippen molar-refractivity contribution in [1.29, 1.82) is 0 Å². The maximum absolute atomic E-state index is 9.99. The first-order chi connectivity index (χ1) is 8.74. The number of hydrogen-bond acceptors (Lipinski definition) is 2. The highest BCUT2D eigenvalue weighted by Gasteiger charge is 2.08. The van der Waals surface area contributed by atoms with E-state index in [1.54, 1.807) is 11.3 Å². The highest BCUT2D eigenvalue weighted by atomic mass is 79.9. The summed E-state index contributed by atoms with van der Waals surface area (Å²) in [6.07, 6.45) is 11.2. The number of unbranched alkanes of at least 4 members (excludes halogenated alkanes) is 7. The van der Waals surface area contributed by atoms with Crippen LogP contribution in [0.25, 0.3) is 0 Å². The molecule has 0 spiro atoms. The first-order valence-corrected chi connectivity index (χ1v) is 8.83. The second kappa shape index (κ2) is 9.99. The van der Waals surface area contributed by atoms with Crippen molar-refractivity contribution in [3.8, 4) is 0 Å². The van der Waals surface area contributed by atoms with Crippen LogP contribution in [0, 0.1) is 0 Å². The van der Waals surface area contributed by atoms with Crippen molar-refractivity contribution in [3.63, 3.8) is 0 Å². The van der Waals surface area contributed by atoms with Gasteiger partial charge >= 0.3 is 0 Å². The molecule has 0 saturated carbocycles. The number of rotatable bonds is 10. The van der Waals surface area contributed by atoms with Crippen LogP contribution in [0.2, 0.25) is 0 Å². The molecule has 0 fully saturated rings. The predicted molar refractivity (Wildman–Crippen MR) is 84.2 cm³/mol. The smallest absolute Gasteiger partial charge is 0.0798 e. The second-order valence-corrected chi connectivity index (χ2v) is 7.25. The van der Waals surface area contributed by atoms with Gasteiger partial charge in [0, 0.05) is 0 Å². The molecule has 0 aliphatic heterocycles. The Bertz CT molecular complexity index is 311. The zero-order valence-corrected chi connectivity index (χ0v) is 13.7. The quantitative estimate of drug-likeness (QED) is 0.515. The largest absolute Gasteiger partial charge is 0.388 e. The molecular formula is C15H25BrOS. The van der Waals surface area contributed by atoms with E-state index in [1.807, 2.05) is 11.4 Å². The van der Waals surface area contributed by atoms with E-state index in [4.69, 9.17) is 0 Å². The summed E-state index contributed by atoms with van der Waals surface area (Å²) in [4.78, 5) is 0. The Kier molecular flexibility index (Phi) is 8.99. The average Bonchev–Trinajstić information content (AvgIpc) is 2.79. The Morgan fingerprint density at radius 1 is 1.11 bits per heavy atom. The lowest BCUT2D eigenvalue weighted by Crippen LogP contribution is -1.95. The van der Waals surface area contributed by atoms with Gasteiger partial charge < -0.3 is 5.11 Å². The molecule has 0 bridgehead atoms. The summed E-state index contributed by atoms with van der Waals surface area (Å²) >= 11 is 5.08. The van der Waals surface area contributed by atoms with E-state index < -0.39 is 0 Å². The molecule has 0 aliphatic carbocycles. The Hall–Kier alpha value is 0.140. The lowest BCUT2D eigenvalue weighted by molar-refractivity contribution is 0.163. The average molecular weight is 333 g/mol. The first kappa shape index (κ1) is 16.2. The Labute approximate surface area is 124 Å². The lowest BCUT2D eigenvalue weighted by Gasteiger charge is -2.08. The molecule has 1 heterocycles. The summed E-state index contributed by atoms with van der Waals surface area (Å²) in [5.41, 5.74) is 1.06. The van der Waals surface area contributed by atoms with Gasteiger partial charge in [0.05, 0.1) is 9.89 Å². The van der Waals surface area contributed by atoms with Crippen LogP contribution in [0.5, 0.6) is 0 Å². The van der Waals surface area contributed by atoms with Crippen LogP contribution in [0.4, 0.5) is 0 Å². The van der Waals surface area contributed by atoms with Crippen LogP contribution in [0.3, 0.4) is 0 Å². The van der Waals surface area contributed by atoms with Crippen LogP contribution in [0.1, 0.15) is 76.4 Å². The van der Waals surface area contributed by atoms with Gasteiger partial charge in [0.15, 0.2) is 0 Å². The van der Waals surface area contributed by atoms with Gasteiger partial charge in [0.1, 0.15) is 0 Å². The van der Waals surface area contributed by atoms with E-state index in [9.17, 15) is 5.11 Å². The fraction of sp³-hybridized carbons (Fsp3) is 0.733. The standard InChI is InChI=1S/C15H25BrOS/c1-2-3-4-5-6-7-8-9-10-14(17)13-11-15(16)18-12-13/h11-12,14,17H,2-10H2,1H3. The van der Waals surface area contributed by atoms with E-state index in [0.717, 1.165) is 22.2 Å². The normalized spacial score (nSPS) is 12.8. The van der Waals surface area contributed by atoms with E-state index in [1.165, 1.54) is 44.9 Å². The number of halogens is 1. The van der Waals surface area contributed by atoms with Crippen molar-refractivity contribution in [3.05, 3.63) is 20.8 Å². The van der Waals surface area contributed by atoms with E-state index in [2.05, 4.69) is 22.9 Å². The second-order valence-electron chi connectivity index (χ2n) is 4.96. The Morgan fingerprint density at radius 2 is 1.72 bits per heavy atom. The molecule has 1 atom stereocenters. The van der Waals surface area contributed by atoms with Gasteiger partial charge in [-0.05, 0) is 39.4 Å². The van der Waals surface area contributed by atoms with Gasteiger partial charge in [-0.25, -0.2) is 0 Å². The summed E-state index contributed by atoms with van der Waals surface area (Å²) in [7, 11) is 0. The van der Waals surface area contributed by atoms with Crippen LogP contribution < -0.4 is 0 Å². The zero-order valence-electron chi connectivity index (χ0n) is 11.3. The number of aliphatic hydroxyl groups is 1. The van der Waals surface area contributed by atoms with Crippen molar-refractivity contribution < 1.29 is 5.11 Å². The third kappa shape index (κ3) is 6.91. The van der Waals surface area contributed by atoms with Gasteiger partial charge in [-0.2, -0.15) is 0 Å². The van der Waals surface area contributed by atoms with E-state index in [0.29, 0.717) is 0 Å². The van der Waals surface area contributed by atoms with Gasteiger partial charge in [-0.3, -0.25) is 0 Å². The number of aliphatic hydroxyl groups excluding tert-OH is 1. The molecule has 1 unspecified atom stereocenters. The summed E-state index contributed by atoms with van der Waals surface area (Å²) < 4.78 is 1.10. The molecule has 0 aliphatic rings. The topological polar surface area (TPSA) is 20.2 Å². The summed E-state index contributed by atoms with van der Waals surface area (Å²) in [5.74, 6) is 0. The monoisotopic (exact) mass is 332 g/mol. The maximum atomic E-state index is 9.99. The minimum absolute atomic E-state index is 0.271. The molecule has 1 aromatic heterocycles. The summed E-state index contributed by atoms with van der Waals surface area (Å²) in [6, 6.07) is 2.03. The summed E-state index contributed by atoms with van der Waals surface area (Å²) in [6.45, 7) is 2.25. The molecule has 0 aromatic carbocycles. The van der Waals surface area contributed by atoms with Crippen molar-refractivity contribution in [2.75, 3.05) is 0 Å². The van der Waals surface area contributed by atoms with Crippen LogP contribution in [0.15, 0.2) is 15.2 Å². The van der Waals surface area contributed by atoms with Gasteiger partial charge in [-0.15, -0.1) is 11.3 Å². The lowest BCUT2D eigenvalue weighted by atomic mass is 10.0. The fourth-order valence-electron chi connectivity index (χ4n) is 2.14. The molecule has 1 aromatic rings. The Balaban J connectivity index is 1.97. The molecule has 0 saturated heterocycles. The number of thiophene rings is 1. The first-order valence-electron chi connectivity index (χ1n) is 7.16. The molecular weight excluding hydrogens is 308 g/mol. The molecule has 104 valence electrons. The van der Waals surface area contributed by atoms with E-state index in [-0.39, 0.29) is 6.10 Å². The third-order valence-electron chi connectivity index (χ3n) is 3.30. The van der Waals surface area contributed by atoms with Gasteiger partial charge in [0.25, 0.3) is 0 Å². The third-order valence-corrected chi connectivity index (χ3v) is 4.83. The van der Waals surface area contributed by atoms with Crippen LogP contribution in [-0.2, 0) is 0 Å². The van der Waals surface area contributed by atoms with Crippen LogP contribution in [-0.4, -0.2) is 5.11 Å². The molecule has 1 rings (SSSR count). The van der Waals surface area contributed by atoms with Crippen molar-refractivity contribution in [1.82, 2.24) is 0 Å². The minimum atomic E-state index is -0.271. The predicted octanol–water partition coefficient (Wildman–Crippen LogP) is 6.07. The molecule has 3 heteroatoms. The molecule has 0 amide bonds. The molecule has 0 radical (unpaired) electrons. The van der Waals surface area contributed by atoms with Crippen molar-refractivity contribution in [2.24, 2.45) is 0 Å². The van der Waals surface area contributed by atoms with Crippen LogP contribution >= 0.6 is 27.3 Å². The van der Waals surface area contributed by atoms with Crippen molar-refractivity contribution >= 4 is 27.3 Å². The van der Waals surface area contributed by atoms with E-state index >= 15 is 0 Å². The minimum Gasteiger partial charge on any atom is -0.388 e. The SMILES string of the molecule is CCCCCCCCCCC(O)c1csc(Br)c1. The van der Waals surface area contributed by atoms with Crippen molar-refractivity contribution in [2.45, 2.75) is 70.8 Å². The number of hydrogen-bond donors (Lipinski definition) is 1. The highest BCUT2D eigenvalue weighted by Crippen LogP contribution is 2.28. The fourth-order valence-corrected chi connectivity index (χ4v) is 3.36. The Morgan fingerprint density at radius 3 is 2.28 bits per heavy atom. The highest BCUT2D eigenvalue weighted by molar-refractivity contribution is 9.11. The maximum Gasteiger partial charge on any atom is 0.0798 e. The molecule has 1 nitrogen and oxygen atoms in total. The molecule has 1 N–H and O–H groups in total. The molecule has 18 heavy (non-hydrogen) atoms. The van der Waals surface area contributed by atoms with Gasteiger partial charge in [-0.1, -0.05) is 58.3 Å².